The summed E-state index contributed by atoms with van der Waals surface area (Å²) >= 11 is 0. The topological polar surface area (TPSA) is 81.3 Å². The molecule has 3 rings (SSSR count). The SMILES string of the molecule is CCC(CNS(=O)(=O)c1ccc2c(c1)oc(=O)n2C)c1ccccc1. The molecule has 0 aliphatic rings. The second kappa shape index (κ2) is 6.85. The van der Waals surface area contributed by atoms with Crippen LogP contribution < -0.4 is 10.5 Å². The molecule has 0 bridgehead atoms. The Bertz CT molecular complexity index is 1040. The van der Waals surface area contributed by atoms with Crippen LogP contribution in [0.15, 0.2) is 62.6 Å². The van der Waals surface area contributed by atoms with E-state index < -0.39 is 15.8 Å². The molecular weight excluding hydrogens is 340 g/mol. The van der Waals surface area contributed by atoms with Crippen molar-refractivity contribution in [1.82, 2.24) is 9.29 Å². The molecule has 25 heavy (non-hydrogen) atoms. The molecule has 0 spiro atoms. The summed E-state index contributed by atoms with van der Waals surface area (Å²) in [5.74, 6) is -0.429. The largest absolute Gasteiger partial charge is 0.419 e. The zero-order valence-electron chi connectivity index (χ0n) is 14.1. The Morgan fingerprint density at radius 3 is 2.56 bits per heavy atom. The van der Waals surface area contributed by atoms with Gasteiger partial charge in [0.15, 0.2) is 5.58 Å². The van der Waals surface area contributed by atoms with Gasteiger partial charge >= 0.3 is 5.76 Å². The molecule has 7 heteroatoms. The van der Waals surface area contributed by atoms with E-state index in [9.17, 15) is 13.2 Å². The highest BCUT2D eigenvalue weighted by Gasteiger charge is 2.19. The van der Waals surface area contributed by atoms with Gasteiger partial charge in [-0.3, -0.25) is 4.57 Å². The molecule has 0 radical (unpaired) electrons. The number of hydrogen-bond acceptors (Lipinski definition) is 4. The zero-order chi connectivity index (χ0) is 18.0. The number of nitrogens with zero attached hydrogens (tertiary/aromatic N) is 1. The van der Waals surface area contributed by atoms with E-state index in [0.29, 0.717) is 12.1 Å². The van der Waals surface area contributed by atoms with Crippen LogP contribution in [0, 0.1) is 0 Å². The summed E-state index contributed by atoms with van der Waals surface area (Å²) in [7, 11) is -2.11. The van der Waals surface area contributed by atoms with Gasteiger partial charge in [0.1, 0.15) is 0 Å². The van der Waals surface area contributed by atoms with Crippen molar-refractivity contribution in [2.75, 3.05) is 6.54 Å². The maximum atomic E-state index is 12.6. The number of nitrogens with one attached hydrogen (secondary N) is 1. The Kier molecular flexibility index (Phi) is 4.78. The Morgan fingerprint density at radius 2 is 1.88 bits per heavy atom. The molecule has 2 aromatic carbocycles. The van der Waals surface area contributed by atoms with Gasteiger partial charge in [0.2, 0.25) is 10.0 Å². The van der Waals surface area contributed by atoms with Crippen molar-refractivity contribution in [3.63, 3.8) is 0 Å². The summed E-state index contributed by atoms with van der Waals surface area (Å²) in [6.07, 6.45) is 0.819. The summed E-state index contributed by atoms with van der Waals surface area (Å²) in [6, 6.07) is 14.2. The van der Waals surface area contributed by atoms with Crippen LogP contribution in [0.1, 0.15) is 24.8 Å². The second-order valence-electron chi connectivity index (χ2n) is 5.92. The molecule has 1 atom stereocenters. The first-order valence-corrected chi connectivity index (χ1v) is 9.55. The van der Waals surface area contributed by atoms with Crippen molar-refractivity contribution in [3.8, 4) is 0 Å². The molecule has 0 aliphatic heterocycles. The number of sulfonamides is 1. The first-order chi connectivity index (χ1) is 11.9. The van der Waals surface area contributed by atoms with Gasteiger partial charge in [-0.2, -0.15) is 0 Å². The van der Waals surface area contributed by atoms with Gasteiger partial charge in [-0.25, -0.2) is 17.9 Å². The number of benzene rings is 2. The lowest BCUT2D eigenvalue weighted by Crippen LogP contribution is -2.28. The fraction of sp³-hybridized carbons (Fsp3) is 0.278. The minimum absolute atomic E-state index is 0.0808. The molecule has 0 fully saturated rings. The van der Waals surface area contributed by atoms with Crippen LogP contribution in [-0.2, 0) is 17.1 Å². The van der Waals surface area contributed by atoms with Gasteiger partial charge in [0.05, 0.1) is 10.4 Å². The van der Waals surface area contributed by atoms with E-state index in [-0.39, 0.29) is 16.4 Å². The molecule has 132 valence electrons. The third-order valence-electron chi connectivity index (χ3n) is 4.36. The van der Waals surface area contributed by atoms with Crippen LogP contribution in [0.5, 0.6) is 0 Å². The lowest BCUT2D eigenvalue weighted by Gasteiger charge is -2.16. The highest BCUT2D eigenvalue weighted by atomic mass is 32.2. The summed E-state index contributed by atoms with van der Waals surface area (Å²) < 4.78 is 34.2. The number of fused-ring (bicyclic) bond motifs is 1. The van der Waals surface area contributed by atoms with Crippen LogP contribution in [0.25, 0.3) is 11.1 Å². The zero-order valence-corrected chi connectivity index (χ0v) is 14.9. The normalized spacial score (nSPS) is 13.2. The van der Waals surface area contributed by atoms with Crippen LogP contribution in [0.4, 0.5) is 0 Å². The van der Waals surface area contributed by atoms with E-state index in [0.717, 1.165) is 12.0 Å². The first kappa shape index (κ1) is 17.4. The van der Waals surface area contributed by atoms with E-state index in [1.807, 2.05) is 37.3 Å². The van der Waals surface area contributed by atoms with Crippen molar-refractivity contribution in [3.05, 3.63) is 64.6 Å². The quantitative estimate of drug-likeness (QED) is 0.733. The van der Waals surface area contributed by atoms with E-state index in [4.69, 9.17) is 4.42 Å². The fourth-order valence-electron chi connectivity index (χ4n) is 2.80. The lowest BCUT2D eigenvalue weighted by atomic mass is 9.97. The molecule has 3 aromatic rings. The Balaban J connectivity index is 1.83. The van der Waals surface area contributed by atoms with E-state index in [1.54, 1.807) is 13.1 Å². The minimum Gasteiger partial charge on any atom is -0.408 e. The summed E-state index contributed by atoms with van der Waals surface area (Å²) in [4.78, 5) is 11.6. The Morgan fingerprint density at radius 1 is 1.16 bits per heavy atom. The van der Waals surface area contributed by atoms with Crippen molar-refractivity contribution < 1.29 is 12.8 Å². The molecule has 0 saturated carbocycles. The molecule has 0 aliphatic carbocycles. The lowest BCUT2D eigenvalue weighted by molar-refractivity contribution is 0.527. The van der Waals surface area contributed by atoms with Gasteiger partial charge in [-0.05, 0) is 30.0 Å². The molecule has 1 unspecified atom stereocenters. The third-order valence-corrected chi connectivity index (χ3v) is 5.78. The molecular formula is C18H20N2O4S. The van der Waals surface area contributed by atoms with Gasteiger partial charge in [-0.15, -0.1) is 0 Å². The van der Waals surface area contributed by atoms with Gasteiger partial charge in [0, 0.05) is 19.7 Å². The van der Waals surface area contributed by atoms with Crippen molar-refractivity contribution >= 4 is 21.1 Å². The van der Waals surface area contributed by atoms with Crippen LogP contribution in [0.2, 0.25) is 0 Å². The van der Waals surface area contributed by atoms with Crippen LogP contribution in [-0.4, -0.2) is 19.5 Å². The smallest absolute Gasteiger partial charge is 0.408 e. The van der Waals surface area contributed by atoms with E-state index >= 15 is 0 Å². The Hall–Kier alpha value is -2.38. The highest BCUT2D eigenvalue weighted by Crippen LogP contribution is 2.21. The van der Waals surface area contributed by atoms with Gasteiger partial charge in [0.25, 0.3) is 0 Å². The van der Waals surface area contributed by atoms with Crippen molar-refractivity contribution in [2.24, 2.45) is 7.05 Å². The Labute approximate surface area is 146 Å². The molecule has 0 saturated heterocycles. The second-order valence-corrected chi connectivity index (χ2v) is 7.69. The first-order valence-electron chi connectivity index (χ1n) is 8.06. The summed E-state index contributed by atoms with van der Waals surface area (Å²) in [5, 5.41) is 0. The van der Waals surface area contributed by atoms with E-state index in [2.05, 4.69) is 4.72 Å². The van der Waals surface area contributed by atoms with Gasteiger partial charge < -0.3 is 4.42 Å². The number of oxazole rings is 1. The third kappa shape index (κ3) is 3.52. The molecule has 6 nitrogen and oxygen atoms in total. The van der Waals surface area contributed by atoms with Crippen molar-refractivity contribution in [1.29, 1.82) is 0 Å². The molecule has 1 N–H and O–H groups in total. The average Bonchev–Trinajstić information content (AvgIpc) is 2.90. The summed E-state index contributed by atoms with van der Waals surface area (Å²) in [6.45, 7) is 2.33. The number of aromatic nitrogens is 1. The molecule has 0 amide bonds. The monoisotopic (exact) mass is 360 g/mol. The molecule has 1 aromatic heterocycles. The predicted octanol–water partition coefficient (Wildman–Crippen LogP) is 2.60. The maximum Gasteiger partial charge on any atom is 0.419 e. The molecule has 1 heterocycles. The highest BCUT2D eigenvalue weighted by molar-refractivity contribution is 7.89. The summed E-state index contributed by atoms with van der Waals surface area (Å²) in [5.41, 5.74) is 1.90. The number of aryl methyl sites for hydroxylation is 1. The average molecular weight is 360 g/mol. The minimum atomic E-state index is -3.69. The van der Waals surface area contributed by atoms with Crippen molar-refractivity contribution in [2.45, 2.75) is 24.2 Å². The maximum absolute atomic E-state index is 12.6. The van der Waals surface area contributed by atoms with Gasteiger partial charge in [-0.1, -0.05) is 37.3 Å². The predicted molar refractivity (Wildman–Crippen MR) is 96.1 cm³/mol. The standard InChI is InChI=1S/C18H20N2O4S/c1-3-13(14-7-5-4-6-8-14)12-19-25(22,23)15-9-10-16-17(11-15)24-18(21)20(16)2/h4-11,13,19H,3,12H2,1-2H3. The fourth-order valence-corrected chi connectivity index (χ4v) is 3.89. The van der Waals surface area contributed by atoms with E-state index in [1.165, 1.54) is 16.7 Å². The number of hydrogen-bond donors (Lipinski definition) is 1. The number of rotatable bonds is 6. The van der Waals surface area contributed by atoms with Crippen LogP contribution >= 0.6 is 0 Å². The van der Waals surface area contributed by atoms with Crippen LogP contribution in [0.3, 0.4) is 0 Å².